The van der Waals surface area contributed by atoms with E-state index >= 15 is 0 Å². The van der Waals surface area contributed by atoms with Crippen molar-refractivity contribution in [3.05, 3.63) is 35.9 Å². The van der Waals surface area contributed by atoms with Crippen LogP contribution in [0.3, 0.4) is 0 Å². The molecule has 5 nitrogen and oxygen atoms in total. The van der Waals surface area contributed by atoms with Gasteiger partial charge >= 0.3 is 0 Å². The second-order valence-corrected chi connectivity index (χ2v) is 5.74. The van der Waals surface area contributed by atoms with E-state index in [1.165, 1.54) is 4.90 Å². The zero-order valence-electron chi connectivity index (χ0n) is 11.9. The van der Waals surface area contributed by atoms with Gasteiger partial charge < -0.3 is 14.9 Å². The van der Waals surface area contributed by atoms with E-state index < -0.39 is 6.10 Å². The van der Waals surface area contributed by atoms with Gasteiger partial charge in [0.25, 0.3) is 0 Å². The number of rotatable bonds is 3. The summed E-state index contributed by atoms with van der Waals surface area (Å²) in [6.45, 7) is 0.947. The molecule has 5 heteroatoms. The summed E-state index contributed by atoms with van der Waals surface area (Å²) in [6, 6.07) is 8.92. The molecule has 1 aromatic rings. The van der Waals surface area contributed by atoms with E-state index in [-0.39, 0.29) is 30.9 Å². The number of fused-ring (bicyclic) bond motifs is 1. The number of carbonyl (C=O) groups is 2. The maximum absolute atomic E-state index is 12.5. The fraction of sp³-hybridized carbons (Fsp3) is 0.500. The highest BCUT2D eigenvalue weighted by atomic mass is 16.3. The lowest BCUT2D eigenvalue weighted by Crippen LogP contribution is -2.61. The number of nitrogens with zero attached hydrogens (tertiary/aromatic N) is 2. The Kier molecular flexibility index (Phi) is 3.92. The molecule has 2 amide bonds. The first-order valence-corrected chi connectivity index (χ1v) is 7.48. The minimum atomic E-state index is -0.752. The van der Waals surface area contributed by atoms with Gasteiger partial charge in [-0.05, 0) is 24.8 Å². The zero-order valence-corrected chi connectivity index (χ0v) is 11.9. The second kappa shape index (κ2) is 5.85. The molecule has 1 N–H and O–H groups in total. The summed E-state index contributed by atoms with van der Waals surface area (Å²) in [4.78, 5) is 27.9. The van der Waals surface area contributed by atoms with E-state index in [2.05, 4.69) is 0 Å². The molecule has 0 bridgehead atoms. The SMILES string of the molecule is O=C1C2CCCCN2C(=O)CN1CC(O)c1ccccc1. The second-order valence-electron chi connectivity index (χ2n) is 5.74. The third-order valence-corrected chi connectivity index (χ3v) is 4.32. The van der Waals surface area contributed by atoms with Gasteiger partial charge in [0, 0.05) is 6.54 Å². The molecule has 112 valence electrons. The van der Waals surface area contributed by atoms with Crippen molar-refractivity contribution in [2.75, 3.05) is 19.6 Å². The third-order valence-electron chi connectivity index (χ3n) is 4.32. The van der Waals surface area contributed by atoms with E-state index in [9.17, 15) is 14.7 Å². The molecule has 2 fully saturated rings. The first kappa shape index (κ1) is 14.1. The number of hydrogen-bond acceptors (Lipinski definition) is 3. The van der Waals surface area contributed by atoms with Crippen molar-refractivity contribution in [2.24, 2.45) is 0 Å². The Hall–Kier alpha value is -1.88. The lowest BCUT2D eigenvalue weighted by Gasteiger charge is -2.43. The van der Waals surface area contributed by atoms with Crippen molar-refractivity contribution in [3.63, 3.8) is 0 Å². The smallest absolute Gasteiger partial charge is 0.245 e. The van der Waals surface area contributed by atoms with E-state index in [1.807, 2.05) is 30.3 Å². The van der Waals surface area contributed by atoms with Gasteiger partial charge in [-0.25, -0.2) is 0 Å². The Morgan fingerprint density at radius 1 is 1.19 bits per heavy atom. The summed E-state index contributed by atoms with van der Waals surface area (Å²) in [5.41, 5.74) is 0.767. The fourth-order valence-corrected chi connectivity index (χ4v) is 3.17. The van der Waals surface area contributed by atoms with Gasteiger partial charge in [-0.2, -0.15) is 0 Å². The molecule has 0 aliphatic carbocycles. The van der Waals surface area contributed by atoms with Crippen LogP contribution >= 0.6 is 0 Å². The maximum Gasteiger partial charge on any atom is 0.245 e. The van der Waals surface area contributed by atoms with Crippen molar-refractivity contribution in [3.8, 4) is 0 Å². The van der Waals surface area contributed by atoms with Gasteiger partial charge in [0.1, 0.15) is 6.04 Å². The number of β-amino-alcohol motifs (C(OH)–C–C–N with tert-alkyl or cyclic N) is 1. The molecular formula is C16H20N2O3. The van der Waals surface area contributed by atoms with Crippen molar-refractivity contribution in [1.29, 1.82) is 0 Å². The summed E-state index contributed by atoms with van der Waals surface area (Å²) in [5.74, 6) is -0.0242. The molecule has 21 heavy (non-hydrogen) atoms. The van der Waals surface area contributed by atoms with E-state index in [0.29, 0.717) is 6.54 Å². The van der Waals surface area contributed by atoms with E-state index in [1.54, 1.807) is 4.90 Å². The molecule has 2 aliphatic heterocycles. The number of piperidine rings is 1. The van der Waals surface area contributed by atoms with E-state index in [4.69, 9.17) is 0 Å². The minimum absolute atomic E-state index is 0.000406. The summed E-state index contributed by atoms with van der Waals surface area (Å²) >= 11 is 0. The predicted octanol–water partition coefficient (Wildman–Crippen LogP) is 0.943. The minimum Gasteiger partial charge on any atom is -0.387 e. The van der Waals surface area contributed by atoms with Crippen LogP contribution in [-0.4, -0.2) is 52.4 Å². The number of amides is 2. The van der Waals surface area contributed by atoms with Crippen LogP contribution in [0.5, 0.6) is 0 Å². The molecule has 0 saturated carbocycles. The van der Waals surface area contributed by atoms with Gasteiger partial charge in [0.15, 0.2) is 0 Å². The highest BCUT2D eigenvalue weighted by molar-refractivity contribution is 5.95. The van der Waals surface area contributed by atoms with Crippen LogP contribution in [0.4, 0.5) is 0 Å². The molecule has 2 unspecified atom stereocenters. The maximum atomic E-state index is 12.5. The average molecular weight is 288 g/mol. The highest BCUT2D eigenvalue weighted by Gasteiger charge is 2.40. The van der Waals surface area contributed by atoms with Crippen molar-refractivity contribution >= 4 is 11.8 Å². The van der Waals surface area contributed by atoms with Crippen molar-refractivity contribution in [2.45, 2.75) is 31.4 Å². The third kappa shape index (κ3) is 2.78. The largest absolute Gasteiger partial charge is 0.387 e. The molecule has 2 saturated heterocycles. The number of aliphatic hydroxyl groups is 1. The zero-order chi connectivity index (χ0) is 14.8. The van der Waals surface area contributed by atoms with Crippen LogP contribution in [0.1, 0.15) is 30.9 Å². The van der Waals surface area contributed by atoms with Crippen molar-refractivity contribution in [1.82, 2.24) is 9.80 Å². The number of aliphatic hydroxyl groups excluding tert-OH is 1. The average Bonchev–Trinajstić information content (AvgIpc) is 2.53. The summed E-state index contributed by atoms with van der Waals surface area (Å²) in [5, 5.41) is 10.3. The van der Waals surface area contributed by atoms with Gasteiger partial charge in [-0.1, -0.05) is 30.3 Å². The van der Waals surface area contributed by atoms with Crippen LogP contribution in [0.15, 0.2) is 30.3 Å². The first-order valence-electron chi connectivity index (χ1n) is 7.48. The van der Waals surface area contributed by atoms with Gasteiger partial charge in [0.05, 0.1) is 19.2 Å². The normalized spacial score (nSPS) is 24.0. The lowest BCUT2D eigenvalue weighted by molar-refractivity contribution is -0.159. The van der Waals surface area contributed by atoms with Crippen LogP contribution in [0.2, 0.25) is 0 Å². The molecule has 0 spiro atoms. The van der Waals surface area contributed by atoms with Crippen LogP contribution < -0.4 is 0 Å². The number of benzene rings is 1. The summed E-state index contributed by atoms with van der Waals surface area (Å²) < 4.78 is 0. The molecule has 2 aliphatic rings. The Morgan fingerprint density at radius 2 is 1.95 bits per heavy atom. The predicted molar refractivity (Wildman–Crippen MR) is 77.3 cm³/mol. The van der Waals surface area contributed by atoms with Crippen LogP contribution in [-0.2, 0) is 9.59 Å². The Morgan fingerprint density at radius 3 is 2.71 bits per heavy atom. The Bertz CT molecular complexity index is 532. The monoisotopic (exact) mass is 288 g/mol. The number of hydrogen-bond donors (Lipinski definition) is 1. The topological polar surface area (TPSA) is 60.9 Å². The van der Waals surface area contributed by atoms with Crippen LogP contribution in [0.25, 0.3) is 0 Å². The van der Waals surface area contributed by atoms with Gasteiger partial charge in [-0.15, -0.1) is 0 Å². The molecule has 2 atom stereocenters. The number of piperazine rings is 1. The van der Waals surface area contributed by atoms with Gasteiger partial charge in [0.2, 0.25) is 11.8 Å². The first-order chi connectivity index (χ1) is 10.2. The quantitative estimate of drug-likeness (QED) is 0.900. The summed E-state index contributed by atoms with van der Waals surface area (Å²) in [7, 11) is 0. The highest BCUT2D eigenvalue weighted by Crippen LogP contribution is 2.24. The Balaban J connectivity index is 1.71. The standard InChI is InChI=1S/C16H20N2O3/c19-14(12-6-2-1-3-7-12)10-17-11-15(20)18-9-5-4-8-13(18)16(17)21/h1-3,6-7,13-14,19H,4-5,8-11H2. The Labute approximate surface area is 124 Å². The molecule has 2 heterocycles. The van der Waals surface area contributed by atoms with Crippen molar-refractivity contribution < 1.29 is 14.7 Å². The summed E-state index contributed by atoms with van der Waals surface area (Å²) in [6.07, 6.45) is 1.94. The molecule has 1 aromatic carbocycles. The lowest BCUT2D eigenvalue weighted by atomic mass is 9.98. The molecule has 0 radical (unpaired) electrons. The van der Waals surface area contributed by atoms with Crippen LogP contribution in [0, 0.1) is 0 Å². The molecule has 3 rings (SSSR count). The number of carbonyl (C=O) groups excluding carboxylic acids is 2. The van der Waals surface area contributed by atoms with Gasteiger partial charge in [-0.3, -0.25) is 9.59 Å². The van der Waals surface area contributed by atoms with E-state index in [0.717, 1.165) is 24.8 Å². The molecule has 0 aromatic heterocycles. The fourth-order valence-electron chi connectivity index (χ4n) is 3.17. The molecular weight excluding hydrogens is 268 g/mol.